The van der Waals surface area contributed by atoms with E-state index in [1.807, 2.05) is 0 Å². The zero-order valence-corrected chi connectivity index (χ0v) is 53.6. The second kappa shape index (κ2) is 68.6. The largest absolute Gasteiger partial charge is 0.462 e. The summed E-state index contributed by atoms with van der Waals surface area (Å²) in [4.78, 5) is 38.4. The van der Waals surface area contributed by atoms with Gasteiger partial charge in [-0.05, 0) is 83.5 Å². The van der Waals surface area contributed by atoms with Gasteiger partial charge in [-0.3, -0.25) is 14.4 Å². The van der Waals surface area contributed by atoms with Crippen molar-refractivity contribution in [1.82, 2.24) is 0 Å². The highest BCUT2D eigenvalue weighted by Gasteiger charge is 2.19. The molecule has 466 valence electrons. The number of esters is 3. The van der Waals surface area contributed by atoms with E-state index in [2.05, 4.69) is 81.5 Å². The molecule has 0 bridgehead atoms. The molecule has 0 aromatic carbocycles. The molecule has 0 heterocycles. The summed E-state index contributed by atoms with van der Waals surface area (Å²) >= 11 is 0. The van der Waals surface area contributed by atoms with Gasteiger partial charge < -0.3 is 14.2 Å². The molecule has 0 radical (unpaired) electrons. The number of hydrogen-bond donors (Lipinski definition) is 0. The maximum Gasteiger partial charge on any atom is 0.306 e. The summed E-state index contributed by atoms with van der Waals surface area (Å²) in [5, 5.41) is 0. The van der Waals surface area contributed by atoms with Crippen molar-refractivity contribution in [3.8, 4) is 0 Å². The van der Waals surface area contributed by atoms with Gasteiger partial charge in [-0.2, -0.15) is 0 Å². The van der Waals surface area contributed by atoms with Crippen LogP contribution in [0.2, 0.25) is 0 Å². The van der Waals surface area contributed by atoms with Gasteiger partial charge in [0.15, 0.2) is 6.10 Å². The molecule has 6 heteroatoms. The number of unbranched alkanes of at least 4 members (excludes halogenated alkanes) is 44. The summed E-state index contributed by atoms with van der Waals surface area (Å²) in [5.41, 5.74) is 0. The molecule has 0 aromatic rings. The fraction of sp³-hybridized carbons (Fsp3) is 0.824. The molecule has 0 spiro atoms. The molecule has 0 saturated heterocycles. The van der Waals surface area contributed by atoms with Crippen LogP contribution in [0.4, 0.5) is 0 Å². The fourth-order valence-electron chi connectivity index (χ4n) is 10.5. The third-order valence-electron chi connectivity index (χ3n) is 15.8. The molecular formula is C74H134O6. The SMILES string of the molecule is CC/C=C\C/C=C\C/C=C\C/C=C\CCCCCCCCCCCCCCCCC(=O)OCC(COC(=O)CCCCCCC/C=C\CCCCCCCC)OC(=O)CCCCCCCCCCCCCCCCCCCCCC. The Morgan fingerprint density at radius 1 is 0.263 bits per heavy atom. The summed E-state index contributed by atoms with van der Waals surface area (Å²) in [5.74, 6) is -0.855. The average Bonchev–Trinajstić information content (AvgIpc) is 3.46. The van der Waals surface area contributed by atoms with E-state index in [-0.39, 0.29) is 31.1 Å². The lowest BCUT2D eigenvalue weighted by Crippen LogP contribution is -2.30. The molecule has 0 saturated carbocycles. The highest BCUT2D eigenvalue weighted by atomic mass is 16.6. The Kier molecular flexibility index (Phi) is 66.1. The van der Waals surface area contributed by atoms with Crippen LogP contribution in [0.15, 0.2) is 60.8 Å². The van der Waals surface area contributed by atoms with Crippen LogP contribution in [0, 0.1) is 0 Å². The first-order valence-corrected chi connectivity index (χ1v) is 35.3. The van der Waals surface area contributed by atoms with E-state index in [9.17, 15) is 14.4 Å². The molecule has 0 aliphatic heterocycles. The molecule has 0 aliphatic carbocycles. The van der Waals surface area contributed by atoms with Crippen LogP contribution < -0.4 is 0 Å². The van der Waals surface area contributed by atoms with E-state index in [0.29, 0.717) is 19.3 Å². The van der Waals surface area contributed by atoms with Crippen molar-refractivity contribution in [2.45, 2.75) is 380 Å². The van der Waals surface area contributed by atoms with Crippen LogP contribution in [-0.2, 0) is 28.6 Å². The second-order valence-electron chi connectivity index (χ2n) is 23.8. The number of rotatable bonds is 65. The van der Waals surface area contributed by atoms with Crippen molar-refractivity contribution in [1.29, 1.82) is 0 Å². The first-order chi connectivity index (χ1) is 39.5. The Labute approximate surface area is 498 Å². The summed E-state index contributed by atoms with van der Waals surface area (Å²) in [7, 11) is 0. The zero-order chi connectivity index (χ0) is 57.8. The van der Waals surface area contributed by atoms with Crippen LogP contribution in [0.5, 0.6) is 0 Å². The summed E-state index contributed by atoms with van der Waals surface area (Å²) in [6, 6.07) is 0. The first-order valence-electron chi connectivity index (χ1n) is 35.3. The van der Waals surface area contributed by atoms with Crippen molar-refractivity contribution < 1.29 is 28.6 Å². The standard InChI is InChI=1S/C74H134O6/c1-4-7-10-13-16-19-22-25-28-30-32-34-35-36-37-38-39-40-42-43-46-49-52-55-58-61-64-67-73(76)79-70-71(69-78-72(75)66-63-60-57-54-51-48-45-27-24-21-18-15-12-9-6-3)80-74(77)68-65-62-59-56-53-50-47-44-41-33-31-29-26-23-20-17-14-11-8-5-2/h7,10,16,19,25,27-28,32,34,45,71H,4-6,8-9,11-15,17-18,20-24,26,29-31,33,35-44,46-70H2,1-3H3/b10-7-,19-16-,28-25-,34-32-,45-27-. The van der Waals surface area contributed by atoms with E-state index >= 15 is 0 Å². The molecule has 1 unspecified atom stereocenters. The topological polar surface area (TPSA) is 78.9 Å². The highest BCUT2D eigenvalue weighted by molar-refractivity contribution is 5.71. The van der Waals surface area contributed by atoms with Crippen molar-refractivity contribution in [3.05, 3.63) is 60.8 Å². The van der Waals surface area contributed by atoms with Crippen molar-refractivity contribution >= 4 is 17.9 Å². The third-order valence-corrected chi connectivity index (χ3v) is 15.8. The quantitative estimate of drug-likeness (QED) is 0.0261. The Morgan fingerprint density at radius 2 is 0.487 bits per heavy atom. The van der Waals surface area contributed by atoms with Crippen LogP contribution in [-0.4, -0.2) is 37.2 Å². The molecule has 0 fully saturated rings. The number of ether oxygens (including phenoxy) is 3. The lowest BCUT2D eigenvalue weighted by atomic mass is 10.0. The van der Waals surface area contributed by atoms with Gasteiger partial charge in [0.05, 0.1) is 0 Å². The van der Waals surface area contributed by atoms with Gasteiger partial charge in [-0.15, -0.1) is 0 Å². The summed E-state index contributed by atoms with van der Waals surface area (Å²) in [6.07, 6.45) is 88.2. The minimum atomic E-state index is -0.776. The van der Waals surface area contributed by atoms with Gasteiger partial charge in [0, 0.05) is 19.3 Å². The molecule has 0 amide bonds. The lowest BCUT2D eigenvalue weighted by molar-refractivity contribution is -0.167. The number of allylic oxidation sites excluding steroid dienone is 10. The Hall–Kier alpha value is -2.89. The number of hydrogen-bond acceptors (Lipinski definition) is 6. The summed E-state index contributed by atoms with van der Waals surface area (Å²) < 4.78 is 17.0. The van der Waals surface area contributed by atoms with Crippen molar-refractivity contribution in [2.75, 3.05) is 13.2 Å². The van der Waals surface area contributed by atoms with Gasteiger partial charge in [0.25, 0.3) is 0 Å². The number of carbonyl (C=O) groups excluding carboxylic acids is 3. The maximum atomic E-state index is 13.0. The smallest absolute Gasteiger partial charge is 0.306 e. The normalized spacial score (nSPS) is 12.4. The predicted molar refractivity (Wildman–Crippen MR) is 348 cm³/mol. The Morgan fingerprint density at radius 3 is 0.775 bits per heavy atom. The van der Waals surface area contributed by atoms with E-state index in [1.165, 1.54) is 244 Å². The average molecular weight is 1120 g/mol. The van der Waals surface area contributed by atoms with Gasteiger partial charge >= 0.3 is 17.9 Å². The van der Waals surface area contributed by atoms with E-state index in [0.717, 1.165) is 89.9 Å². The minimum Gasteiger partial charge on any atom is -0.462 e. The summed E-state index contributed by atoms with van der Waals surface area (Å²) in [6.45, 7) is 6.58. The third kappa shape index (κ3) is 65.9. The zero-order valence-electron chi connectivity index (χ0n) is 53.6. The lowest BCUT2D eigenvalue weighted by Gasteiger charge is -2.18. The molecule has 6 nitrogen and oxygen atoms in total. The van der Waals surface area contributed by atoms with Crippen molar-refractivity contribution in [3.63, 3.8) is 0 Å². The minimum absolute atomic E-state index is 0.0722. The van der Waals surface area contributed by atoms with E-state index in [1.54, 1.807) is 0 Å². The highest BCUT2D eigenvalue weighted by Crippen LogP contribution is 2.18. The monoisotopic (exact) mass is 1120 g/mol. The van der Waals surface area contributed by atoms with E-state index in [4.69, 9.17) is 14.2 Å². The molecule has 80 heavy (non-hydrogen) atoms. The maximum absolute atomic E-state index is 13.0. The molecule has 1 atom stereocenters. The molecule has 0 N–H and O–H groups in total. The van der Waals surface area contributed by atoms with Crippen LogP contribution in [0.3, 0.4) is 0 Å². The Balaban J connectivity index is 4.27. The van der Waals surface area contributed by atoms with Crippen molar-refractivity contribution in [2.24, 2.45) is 0 Å². The van der Waals surface area contributed by atoms with Crippen LogP contribution in [0.1, 0.15) is 374 Å². The first kappa shape index (κ1) is 77.1. The molecular weight excluding hydrogens is 985 g/mol. The molecule has 0 rings (SSSR count). The predicted octanol–water partition coefficient (Wildman–Crippen LogP) is 24.3. The fourth-order valence-corrected chi connectivity index (χ4v) is 10.5. The van der Waals surface area contributed by atoms with Crippen LogP contribution in [0.25, 0.3) is 0 Å². The second-order valence-corrected chi connectivity index (χ2v) is 23.8. The van der Waals surface area contributed by atoms with Gasteiger partial charge in [0.1, 0.15) is 13.2 Å². The van der Waals surface area contributed by atoms with Gasteiger partial charge in [-0.25, -0.2) is 0 Å². The molecule has 0 aliphatic rings. The van der Waals surface area contributed by atoms with E-state index < -0.39 is 6.10 Å². The Bertz CT molecular complexity index is 1430. The number of carbonyl (C=O) groups is 3. The molecule has 0 aromatic heterocycles. The van der Waals surface area contributed by atoms with Crippen LogP contribution >= 0.6 is 0 Å². The van der Waals surface area contributed by atoms with Gasteiger partial charge in [0.2, 0.25) is 0 Å². The van der Waals surface area contributed by atoms with Gasteiger partial charge in [-0.1, -0.05) is 332 Å².